The van der Waals surface area contributed by atoms with Crippen LogP contribution in [-0.4, -0.2) is 11.7 Å². The van der Waals surface area contributed by atoms with Gasteiger partial charge in [-0.25, -0.2) is 9.13 Å². The first-order chi connectivity index (χ1) is 8.74. The van der Waals surface area contributed by atoms with Crippen molar-refractivity contribution in [3.8, 4) is 5.75 Å². The van der Waals surface area contributed by atoms with E-state index in [9.17, 15) is 0 Å². The highest BCUT2D eigenvalue weighted by Crippen LogP contribution is 2.12. The predicted octanol–water partition coefficient (Wildman–Crippen LogP) is 3.13. The first kappa shape index (κ1) is 15.8. The number of hydrogen-bond acceptors (Lipinski definition) is 1. The van der Waals surface area contributed by atoms with Crippen molar-refractivity contribution in [3.63, 3.8) is 0 Å². The number of nitrogens with zero attached hydrogens (tertiary/aromatic N) is 2. The quantitative estimate of drug-likeness (QED) is 0.772. The van der Waals surface area contributed by atoms with Crippen LogP contribution in [0.5, 0.6) is 5.75 Å². The van der Waals surface area contributed by atoms with E-state index in [4.69, 9.17) is 4.74 Å². The van der Waals surface area contributed by atoms with Crippen molar-refractivity contribution >= 4 is 17.0 Å². The Labute approximate surface area is 125 Å². The van der Waals surface area contributed by atoms with E-state index in [1.165, 1.54) is 11.4 Å². The molecule has 0 saturated carbocycles. The van der Waals surface area contributed by atoms with E-state index >= 15 is 0 Å². The van der Waals surface area contributed by atoms with E-state index in [-0.39, 0.29) is 17.0 Å². The minimum atomic E-state index is 0. The van der Waals surface area contributed by atoms with Crippen LogP contribution < -0.4 is 9.30 Å². The van der Waals surface area contributed by atoms with Crippen LogP contribution in [0.15, 0.2) is 36.7 Å². The first-order valence-corrected chi connectivity index (χ1v) is 6.42. The molecule has 1 heterocycles. The van der Waals surface area contributed by atoms with Crippen molar-refractivity contribution in [3.05, 3.63) is 48.0 Å². The Hall–Kier alpha value is -1.29. The number of imidazole rings is 1. The summed E-state index contributed by atoms with van der Waals surface area (Å²) in [7, 11) is 1.70. The zero-order valence-corrected chi connectivity index (χ0v) is 13.5. The van der Waals surface area contributed by atoms with Gasteiger partial charge < -0.3 is 4.74 Å². The second-order valence-corrected chi connectivity index (χ2v) is 4.52. The van der Waals surface area contributed by atoms with Gasteiger partial charge in [0.25, 0.3) is 5.82 Å². The number of halogens is 1. The van der Waals surface area contributed by atoms with Gasteiger partial charge in [-0.05, 0) is 24.1 Å². The molecule has 0 aliphatic heterocycles. The molecule has 19 heavy (non-hydrogen) atoms. The summed E-state index contributed by atoms with van der Waals surface area (Å²) in [6.45, 7) is 6.33. The maximum atomic E-state index is 5.25. The van der Waals surface area contributed by atoms with Crippen molar-refractivity contribution < 1.29 is 9.30 Å². The summed E-state index contributed by atoms with van der Waals surface area (Å²) in [5.74, 6) is 2.21. The van der Waals surface area contributed by atoms with Gasteiger partial charge in [0.2, 0.25) is 0 Å². The fourth-order valence-electron chi connectivity index (χ4n) is 2.15. The average molecular weight is 326 g/mol. The van der Waals surface area contributed by atoms with Crippen molar-refractivity contribution in [2.75, 3.05) is 7.11 Å². The van der Waals surface area contributed by atoms with Crippen molar-refractivity contribution in [2.24, 2.45) is 0 Å². The fourth-order valence-corrected chi connectivity index (χ4v) is 2.15. The number of hydrogen-bond donors (Lipinski definition) is 0. The highest BCUT2D eigenvalue weighted by atomic mass is 79.9. The summed E-state index contributed by atoms with van der Waals surface area (Å²) in [5, 5.41) is 0. The Balaban J connectivity index is 0.00000180. The molecule has 0 bridgehead atoms. The summed E-state index contributed by atoms with van der Waals surface area (Å²) >= 11 is 0. The first-order valence-electron chi connectivity index (χ1n) is 6.42. The second-order valence-electron chi connectivity index (χ2n) is 4.52. The number of rotatable bonds is 5. The maximum Gasteiger partial charge on any atom is 0.253 e. The summed E-state index contributed by atoms with van der Waals surface area (Å²) in [5.41, 5.74) is 1.26. The molecule has 2 rings (SSSR count). The summed E-state index contributed by atoms with van der Waals surface area (Å²) in [4.78, 5) is 0. The maximum absolute atomic E-state index is 5.25. The third kappa shape index (κ3) is 3.83. The van der Waals surface area contributed by atoms with Crippen LogP contribution in [0.3, 0.4) is 0 Å². The second kappa shape index (κ2) is 7.34. The van der Waals surface area contributed by atoms with Crippen molar-refractivity contribution in [1.29, 1.82) is 0 Å². The molecule has 1 aromatic heterocycles. The molecule has 1 aromatic carbocycles. The monoisotopic (exact) mass is 325 g/mol. The fraction of sp³-hybridized carbons (Fsp3) is 0.400. The summed E-state index contributed by atoms with van der Waals surface area (Å²) in [6.07, 6.45) is 5.46. The molecule has 2 aromatic rings. The Morgan fingerprint density at radius 3 is 2.79 bits per heavy atom. The Bertz CT molecular complexity index is 523. The molecule has 0 atom stereocenters. The molecule has 3 nitrogen and oxygen atoms in total. The lowest BCUT2D eigenvalue weighted by Crippen LogP contribution is -2.36. The van der Waals surface area contributed by atoms with Gasteiger partial charge in [0.15, 0.2) is 0 Å². The van der Waals surface area contributed by atoms with Crippen molar-refractivity contribution in [1.82, 2.24) is 4.57 Å². The minimum Gasteiger partial charge on any atom is -0.497 e. The molecule has 0 fully saturated rings. The lowest BCUT2D eigenvalue weighted by Gasteiger charge is -2.04. The van der Waals surface area contributed by atoms with Crippen LogP contribution in [-0.2, 0) is 13.1 Å². The number of ether oxygens (including phenoxy) is 1. The molecule has 0 radical (unpaired) electrons. The molecular formula is C15H22BrN2O+. The zero-order valence-electron chi connectivity index (χ0n) is 11.8. The molecule has 104 valence electrons. The Morgan fingerprint density at radius 2 is 2.11 bits per heavy atom. The van der Waals surface area contributed by atoms with Gasteiger partial charge in [-0.15, -0.1) is 17.0 Å². The minimum absolute atomic E-state index is 0. The van der Waals surface area contributed by atoms with E-state index in [1.807, 2.05) is 12.1 Å². The van der Waals surface area contributed by atoms with Crippen LogP contribution in [0.25, 0.3) is 0 Å². The molecular weight excluding hydrogens is 304 g/mol. The average Bonchev–Trinajstić information content (AvgIpc) is 2.72. The SMILES string of the molecule is Br.CCCn1cc[n+](Cc2cccc(OC)c2)c1C. The zero-order chi connectivity index (χ0) is 13.0. The van der Waals surface area contributed by atoms with E-state index in [0.29, 0.717) is 0 Å². The molecule has 0 amide bonds. The third-order valence-corrected chi connectivity index (χ3v) is 3.21. The Kier molecular flexibility index (Phi) is 6.09. The molecule has 0 spiro atoms. The molecule has 0 aliphatic carbocycles. The van der Waals surface area contributed by atoms with Gasteiger partial charge in [-0.3, -0.25) is 0 Å². The van der Waals surface area contributed by atoms with E-state index in [0.717, 1.165) is 25.3 Å². The molecule has 0 N–H and O–H groups in total. The summed E-state index contributed by atoms with van der Waals surface area (Å²) in [6, 6.07) is 8.23. The summed E-state index contributed by atoms with van der Waals surface area (Å²) < 4.78 is 9.81. The van der Waals surface area contributed by atoms with Gasteiger partial charge >= 0.3 is 0 Å². The highest BCUT2D eigenvalue weighted by Gasteiger charge is 2.11. The number of aryl methyl sites for hydroxylation is 1. The lowest BCUT2D eigenvalue weighted by molar-refractivity contribution is -0.694. The lowest BCUT2D eigenvalue weighted by atomic mass is 10.2. The van der Waals surface area contributed by atoms with Crippen LogP contribution in [0.4, 0.5) is 0 Å². The standard InChI is InChI=1S/C15H21N2O.BrH/c1-4-8-16-9-10-17(13(16)2)12-14-6-5-7-15(11-14)18-3;/h5-7,9-11H,4,8,12H2,1-3H3;1H/q+1;. The van der Waals surface area contributed by atoms with Crippen LogP contribution in [0, 0.1) is 6.92 Å². The molecule has 0 aliphatic rings. The number of aromatic nitrogens is 2. The number of methoxy groups -OCH3 is 1. The topological polar surface area (TPSA) is 18.0 Å². The van der Waals surface area contributed by atoms with E-state index < -0.39 is 0 Å². The van der Waals surface area contributed by atoms with Crippen LogP contribution >= 0.6 is 17.0 Å². The van der Waals surface area contributed by atoms with Gasteiger partial charge in [0.05, 0.1) is 13.7 Å². The molecule has 0 unspecified atom stereocenters. The smallest absolute Gasteiger partial charge is 0.253 e. The van der Waals surface area contributed by atoms with Gasteiger partial charge in [-0.2, -0.15) is 0 Å². The van der Waals surface area contributed by atoms with Gasteiger partial charge in [0.1, 0.15) is 24.7 Å². The van der Waals surface area contributed by atoms with E-state index in [1.54, 1.807) is 7.11 Å². The van der Waals surface area contributed by atoms with Crippen LogP contribution in [0.2, 0.25) is 0 Å². The number of benzene rings is 1. The highest BCUT2D eigenvalue weighted by molar-refractivity contribution is 8.93. The normalized spacial score (nSPS) is 10.1. The molecule has 4 heteroatoms. The Morgan fingerprint density at radius 1 is 1.32 bits per heavy atom. The van der Waals surface area contributed by atoms with Crippen molar-refractivity contribution in [2.45, 2.75) is 33.4 Å². The van der Waals surface area contributed by atoms with E-state index in [2.05, 4.69) is 47.5 Å². The largest absolute Gasteiger partial charge is 0.497 e. The van der Waals surface area contributed by atoms with Gasteiger partial charge in [0, 0.05) is 6.92 Å². The van der Waals surface area contributed by atoms with Gasteiger partial charge in [-0.1, -0.05) is 19.1 Å². The third-order valence-electron chi connectivity index (χ3n) is 3.21. The van der Waals surface area contributed by atoms with Crippen LogP contribution in [0.1, 0.15) is 24.7 Å². The molecule has 0 saturated heterocycles. The predicted molar refractivity (Wildman–Crippen MR) is 82.1 cm³/mol.